The number of aryl methyl sites for hydroxylation is 2. The molecule has 0 saturated carbocycles. The normalized spacial score (nSPS) is 10.5. The van der Waals surface area contributed by atoms with Gasteiger partial charge in [0.25, 0.3) is 5.91 Å². The SMILES string of the molecule is COCCNC(=O)C(=O)N/N=C\c1ccc(OCC(=O)Nc2cc(C)ccc2C)cc1. The predicted octanol–water partition coefficient (Wildman–Crippen LogP) is 1.53. The highest BCUT2D eigenvalue weighted by atomic mass is 16.5. The molecule has 0 fully saturated rings. The minimum absolute atomic E-state index is 0.130. The molecule has 2 aromatic rings. The number of methoxy groups -OCH3 is 1. The minimum atomic E-state index is -0.873. The maximum absolute atomic E-state index is 12.1. The third-order valence-corrected chi connectivity index (χ3v) is 4.09. The molecule has 9 nitrogen and oxygen atoms in total. The molecule has 2 rings (SSSR count). The quantitative estimate of drug-likeness (QED) is 0.243. The molecule has 0 saturated heterocycles. The fourth-order valence-corrected chi connectivity index (χ4v) is 2.42. The number of hydrogen-bond acceptors (Lipinski definition) is 6. The highest BCUT2D eigenvalue weighted by molar-refractivity contribution is 6.35. The third-order valence-electron chi connectivity index (χ3n) is 4.09. The topological polar surface area (TPSA) is 118 Å². The number of hydrogen-bond donors (Lipinski definition) is 3. The molecule has 31 heavy (non-hydrogen) atoms. The maximum Gasteiger partial charge on any atom is 0.329 e. The van der Waals surface area contributed by atoms with Crippen LogP contribution >= 0.6 is 0 Å². The summed E-state index contributed by atoms with van der Waals surface area (Å²) in [5.41, 5.74) is 5.60. The van der Waals surface area contributed by atoms with Gasteiger partial charge in [0.2, 0.25) is 0 Å². The van der Waals surface area contributed by atoms with Gasteiger partial charge in [-0.1, -0.05) is 12.1 Å². The molecule has 0 atom stereocenters. The van der Waals surface area contributed by atoms with Gasteiger partial charge in [-0.25, -0.2) is 5.43 Å². The Morgan fingerprint density at radius 1 is 1.03 bits per heavy atom. The second-order valence-corrected chi connectivity index (χ2v) is 6.67. The van der Waals surface area contributed by atoms with Gasteiger partial charge in [-0.15, -0.1) is 0 Å². The summed E-state index contributed by atoms with van der Waals surface area (Å²) in [4.78, 5) is 35.2. The Bertz CT molecular complexity index is 941. The van der Waals surface area contributed by atoms with Crippen LogP contribution in [0, 0.1) is 13.8 Å². The van der Waals surface area contributed by atoms with Crippen LogP contribution in [0.4, 0.5) is 5.69 Å². The molecule has 9 heteroatoms. The number of rotatable bonds is 9. The molecule has 0 spiro atoms. The second-order valence-electron chi connectivity index (χ2n) is 6.67. The lowest BCUT2D eigenvalue weighted by Gasteiger charge is -2.10. The molecule has 0 heterocycles. The van der Waals surface area contributed by atoms with Crippen molar-refractivity contribution in [2.45, 2.75) is 13.8 Å². The number of ether oxygens (including phenoxy) is 2. The third kappa shape index (κ3) is 8.27. The molecule has 0 aliphatic rings. The predicted molar refractivity (Wildman–Crippen MR) is 117 cm³/mol. The van der Waals surface area contributed by atoms with E-state index in [0.717, 1.165) is 16.8 Å². The molecule has 0 aromatic heterocycles. The van der Waals surface area contributed by atoms with Gasteiger partial charge in [0.05, 0.1) is 12.8 Å². The largest absolute Gasteiger partial charge is 0.484 e. The van der Waals surface area contributed by atoms with E-state index in [-0.39, 0.29) is 19.1 Å². The first-order valence-corrected chi connectivity index (χ1v) is 9.59. The summed E-state index contributed by atoms with van der Waals surface area (Å²) in [6, 6.07) is 12.6. The van der Waals surface area contributed by atoms with E-state index in [1.807, 2.05) is 32.0 Å². The Kier molecular flexibility index (Phi) is 9.18. The van der Waals surface area contributed by atoms with E-state index in [2.05, 4.69) is 21.2 Å². The number of nitrogens with one attached hydrogen (secondary N) is 3. The zero-order valence-electron chi connectivity index (χ0n) is 17.7. The van der Waals surface area contributed by atoms with Gasteiger partial charge in [-0.2, -0.15) is 5.10 Å². The van der Waals surface area contributed by atoms with Crippen LogP contribution < -0.4 is 20.8 Å². The van der Waals surface area contributed by atoms with Crippen LogP contribution in [-0.2, 0) is 19.1 Å². The first-order chi connectivity index (χ1) is 14.9. The van der Waals surface area contributed by atoms with Crippen molar-refractivity contribution in [2.75, 3.05) is 32.2 Å². The fraction of sp³-hybridized carbons (Fsp3) is 0.273. The Balaban J connectivity index is 1.77. The highest BCUT2D eigenvalue weighted by Gasteiger charge is 2.11. The number of carbonyl (C=O) groups excluding carboxylic acids is 3. The van der Waals surface area contributed by atoms with Gasteiger partial charge < -0.3 is 20.1 Å². The Hall–Kier alpha value is -3.72. The molecule has 3 amide bonds. The number of amides is 3. The maximum atomic E-state index is 12.1. The molecular formula is C22H26N4O5. The molecule has 0 radical (unpaired) electrons. The number of benzene rings is 2. The van der Waals surface area contributed by atoms with Crippen LogP contribution in [0.25, 0.3) is 0 Å². The van der Waals surface area contributed by atoms with Crippen molar-refractivity contribution in [1.82, 2.24) is 10.7 Å². The molecule has 2 aromatic carbocycles. The van der Waals surface area contributed by atoms with Crippen molar-refractivity contribution in [1.29, 1.82) is 0 Å². The summed E-state index contributed by atoms with van der Waals surface area (Å²) in [5.74, 6) is -1.42. The Labute approximate surface area is 180 Å². The Morgan fingerprint density at radius 2 is 1.77 bits per heavy atom. The van der Waals surface area contributed by atoms with E-state index in [1.165, 1.54) is 13.3 Å². The molecule has 0 aliphatic heterocycles. The van der Waals surface area contributed by atoms with Crippen LogP contribution in [-0.4, -0.2) is 50.8 Å². The highest BCUT2D eigenvalue weighted by Crippen LogP contribution is 2.16. The average molecular weight is 426 g/mol. The van der Waals surface area contributed by atoms with Crippen molar-refractivity contribution in [3.8, 4) is 5.75 Å². The first kappa shape index (κ1) is 23.6. The van der Waals surface area contributed by atoms with Gasteiger partial charge in [0, 0.05) is 19.3 Å². The lowest BCUT2D eigenvalue weighted by atomic mass is 10.1. The van der Waals surface area contributed by atoms with Gasteiger partial charge in [-0.3, -0.25) is 14.4 Å². The standard InChI is InChI=1S/C22H26N4O5/c1-15-4-5-16(2)19(12-15)25-20(27)14-31-18-8-6-17(7-9-18)13-24-26-22(29)21(28)23-10-11-30-3/h4-9,12-13H,10-11,14H2,1-3H3,(H,23,28)(H,25,27)(H,26,29)/b24-13-. The lowest BCUT2D eigenvalue weighted by molar-refractivity contribution is -0.139. The summed E-state index contributed by atoms with van der Waals surface area (Å²) < 4.78 is 10.3. The van der Waals surface area contributed by atoms with Crippen LogP contribution in [0.15, 0.2) is 47.6 Å². The lowest BCUT2D eigenvalue weighted by Crippen LogP contribution is -2.39. The molecule has 0 aliphatic carbocycles. The van der Waals surface area contributed by atoms with Crippen molar-refractivity contribution < 1.29 is 23.9 Å². The Morgan fingerprint density at radius 3 is 2.48 bits per heavy atom. The molecule has 0 unspecified atom stereocenters. The smallest absolute Gasteiger partial charge is 0.329 e. The van der Waals surface area contributed by atoms with Crippen LogP contribution in [0.3, 0.4) is 0 Å². The molecular weight excluding hydrogens is 400 g/mol. The molecule has 164 valence electrons. The van der Waals surface area contributed by atoms with Crippen molar-refractivity contribution >= 4 is 29.6 Å². The van der Waals surface area contributed by atoms with Crippen molar-refractivity contribution in [3.05, 3.63) is 59.2 Å². The first-order valence-electron chi connectivity index (χ1n) is 9.59. The van der Waals surface area contributed by atoms with E-state index in [9.17, 15) is 14.4 Å². The minimum Gasteiger partial charge on any atom is -0.484 e. The zero-order chi connectivity index (χ0) is 22.6. The fourth-order valence-electron chi connectivity index (χ4n) is 2.42. The molecule has 3 N–H and O–H groups in total. The second kappa shape index (κ2) is 12.1. The van der Waals surface area contributed by atoms with Crippen LogP contribution in [0.1, 0.15) is 16.7 Å². The van der Waals surface area contributed by atoms with Crippen LogP contribution in [0.2, 0.25) is 0 Å². The van der Waals surface area contributed by atoms with Gasteiger partial charge in [-0.05, 0) is 60.9 Å². The zero-order valence-corrected chi connectivity index (χ0v) is 17.7. The number of hydrazone groups is 1. The van der Waals surface area contributed by atoms with E-state index < -0.39 is 11.8 Å². The number of nitrogens with zero attached hydrogens (tertiary/aromatic N) is 1. The van der Waals surface area contributed by atoms with Crippen molar-refractivity contribution in [3.63, 3.8) is 0 Å². The van der Waals surface area contributed by atoms with Gasteiger partial charge >= 0.3 is 11.8 Å². The van der Waals surface area contributed by atoms with Crippen molar-refractivity contribution in [2.24, 2.45) is 5.10 Å². The van der Waals surface area contributed by atoms with Crippen LogP contribution in [0.5, 0.6) is 5.75 Å². The van der Waals surface area contributed by atoms with E-state index in [0.29, 0.717) is 17.9 Å². The summed E-state index contributed by atoms with van der Waals surface area (Å²) in [5, 5.41) is 8.95. The monoisotopic (exact) mass is 426 g/mol. The summed E-state index contributed by atoms with van der Waals surface area (Å²) >= 11 is 0. The average Bonchev–Trinajstić information content (AvgIpc) is 2.75. The van der Waals surface area contributed by atoms with E-state index in [4.69, 9.17) is 9.47 Å². The summed E-state index contributed by atoms with van der Waals surface area (Å²) in [6.07, 6.45) is 1.39. The summed E-state index contributed by atoms with van der Waals surface area (Å²) in [7, 11) is 1.49. The van der Waals surface area contributed by atoms with E-state index in [1.54, 1.807) is 24.3 Å². The molecule has 0 bridgehead atoms. The summed E-state index contributed by atoms with van der Waals surface area (Å²) in [6.45, 7) is 4.29. The number of anilines is 1. The van der Waals surface area contributed by atoms with E-state index >= 15 is 0 Å². The number of carbonyl (C=O) groups is 3. The van der Waals surface area contributed by atoms with Gasteiger partial charge in [0.15, 0.2) is 6.61 Å². The van der Waals surface area contributed by atoms with Gasteiger partial charge in [0.1, 0.15) is 5.75 Å².